The van der Waals surface area contributed by atoms with E-state index in [-0.39, 0.29) is 30.2 Å². The molecule has 1 N–H and O–H groups in total. The first-order valence-corrected chi connectivity index (χ1v) is 7.47. The van der Waals surface area contributed by atoms with Crippen molar-refractivity contribution in [3.63, 3.8) is 0 Å². The Morgan fingerprint density at radius 3 is 2.68 bits per heavy atom. The number of fused-ring (bicyclic) bond motifs is 1. The summed E-state index contributed by atoms with van der Waals surface area (Å²) in [6.07, 6.45) is 2.88. The second-order valence-corrected chi connectivity index (χ2v) is 5.93. The van der Waals surface area contributed by atoms with Gasteiger partial charge in [0.05, 0.1) is 0 Å². The van der Waals surface area contributed by atoms with Crippen LogP contribution in [0.15, 0.2) is 24.3 Å². The fourth-order valence-corrected chi connectivity index (χ4v) is 3.64. The summed E-state index contributed by atoms with van der Waals surface area (Å²) >= 11 is 0. The Balaban J connectivity index is 1.64. The second-order valence-electron chi connectivity index (χ2n) is 5.93. The second kappa shape index (κ2) is 5.94. The number of aliphatic carboxylic acids is 1. The summed E-state index contributed by atoms with van der Waals surface area (Å²) in [5.41, 5.74) is 0. The summed E-state index contributed by atoms with van der Waals surface area (Å²) in [4.78, 5) is 25.2. The minimum absolute atomic E-state index is 0.0623. The van der Waals surface area contributed by atoms with E-state index in [9.17, 15) is 19.1 Å². The van der Waals surface area contributed by atoms with Crippen LogP contribution < -0.4 is 4.74 Å². The Bertz CT molecular complexity index is 574. The SMILES string of the molecule is O=C(O)C1C2CCCC2CN1C(=O)COc1ccc(F)cc1. The van der Waals surface area contributed by atoms with Gasteiger partial charge in [-0.05, 0) is 48.9 Å². The van der Waals surface area contributed by atoms with Gasteiger partial charge in [-0.15, -0.1) is 0 Å². The van der Waals surface area contributed by atoms with Crippen LogP contribution in [0.25, 0.3) is 0 Å². The van der Waals surface area contributed by atoms with Crippen LogP contribution in [0.4, 0.5) is 4.39 Å². The van der Waals surface area contributed by atoms with Crippen molar-refractivity contribution < 1.29 is 23.8 Å². The fraction of sp³-hybridized carbons (Fsp3) is 0.500. The Kier molecular flexibility index (Phi) is 4.00. The van der Waals surface area contributed by atoms with Crippen LogP contribution >= 0.6 is 0 Å². The first kappa shape index (κ1) is 14.8. The number of benzene rings is 1. The van der Waals surface area contributed by atoms with Gasteiger partial charge < -0.3 is 14.7 Å². The molecule has 118 valence electrons. The van der Waals surface area contributed by atoms with Crippen molar-refractivity contribution in [3.05, 3.63) is 30.1 Å². The molecule has 0 aromatic heterocycles. The zero-order valence-corrected chi connectivity index (χ0v) is 12.1. The molecular formula is C16H18FNO4. The largest absolute Gasteiger partial charge is 0.484 e. The molecule has 0 radical (unpaired) electrons. The number of carboxylic acids is 1. The minimum Gasteiger partial charge on any atom is -0.484 e. The van der Waals surface area contributed by atoms with Crippen LogP contribution in [-0.4, -0.2) is 41.1 Å². The summed E-state index contributed by atoms with van der Waals surface area (Å²) < 4.78 is 18.1. The number of nitrogens with zero attached hydrogens (tertiary/aromatic N) is 1. The Morgan fingerprint density at radius 1 is 1.27 bits per heavy atom. The van der Waals surface area contributed by atoms with Crippen molar-refractivity contribution in [2.75, 3.05) is 13.2 Å². The average Bonchev–Trinajstić information content (AvgIpc) is 3.06. The highest BCUT2D eigenvalue weighted by Crippen LogP contribution is 2.42. The highest BCUT2D eigenvalue weighted by atomic mass is 19.1. The van der Waals surface area contributed by atoms with Crippen LogP contribution in [0.5, 0.6) is 5.75 Å². The van der Waals surface area contributed by atoms with Crippen molar-refractivity contribution in [3.8, 4) is 5.75 Å². The molecule has 5 nitrogen and oxygen atoms in total. The molecule has 1 aliphatic carbocycles. The molecule has 3 atom stereocenters. The third kappa shape index (κ3) is 2.77. The maximum atomic E-state index is 12.8. The van der Waals surface area contributed by atoms with E-state index in [4.69, 9.17) is 4.74 Å². The van der Waals surface area contributed by atoms with Crippen molar-refractivity contribution in [2.24, 2.45) is 11.8 Å². The third-order valence-electron chi connectivity index (χ3n) is 4.64. The number of hydrogen-bond donors (Lipinski definition) is 1. The number of carbonyl (C=O) groups excluding carboxylic acids is 1. The predicted molar refractivity (Wildman–Crippen MR) is 75.9 cm³/mol. The van der Waals surface area contributed by atoms with E-state index in [0.717, 1.165) is 19.3 Å². The van der Waals surface area contributed by atoms with E-state index >= 15 is 0 Å². The van der Waals surface area contributed by atoms with Crippen molar-refractivity contribution in [1.82, 2.24) is 4.90 Å². The van der Waals surface area contributed by atoms with Crippen LogP contribution in [0.3, 0.4) is 0 Å². The lowest BCUT2D eigenvalue weighted by Crippen LogP contribution is -2.45. The van der Waals surface area contributed by atoms with E-state index in [1.165, 1.54) is 29.2 Å². The van der Waals surface area contributed by atoms with E-state index in [0.29, 0.717) is 12.3 Å². The van der Waals surface area contributed by atoms with Crippen LogP contribution in [0.2, 0.25) is 0 Å². The number of halogens is 1. The van der Waals surface area contributed by atoms with Gasteiger partial charge in [0, 0.05) is 6.54 Å². The third-order valence-corrected chi connectivity index (χ3v) is 4.64. The fourth-order valence-electron chi connectivity index (χ4n) is 3.64. The lowest BCUT2D eigenvalue weighted by molar-refractivity contribution is -0.150. The summed E-state index contributed by atoms with van der Waals surface area (Å²) in [5, 5.41) is 9.42. The van der Waals surface area contributed by atoms with E-state index in [2.05, 4.69) is 0 Å². The maximum absolute atomic E-state index is 12.8. The Hall–Kier alpha value is -2.11. The number of likely N-dealkylation sites (tertiary alicyclic amines) is 1. The molecule has 2 aliphatic rings. The van der Waals surface area contributed by atoms with E-state index in [1.54, 1.807) is 0 Å². The van der Waals surface area contributed by atoms with Crippen molar-refractivity contribution >= 4 is 11.9 Å². The average molecular weight is 307 g/mol. The smallest absolute Gasteiger partial charge is 0.326 e. The minimum atomic E-state index is -0.940. The highest BCUT2D eigenvalue weighted by Gasteiger charge is 2.49. The molecule has 0 spiro atoms. The van der Waals surface area contributed by atoms with E-state index < -0.39 is 12.0 Å². The summed E-state index contributed by atoms with van der Waals surface area (Å²) in [6.45, 7) is 0.266. The first-order valence-electron chi connectivity index (χ1n) is 7.47. The van der Waals surface area contributed by atoms with Crippen LogP contribution in [0.1, 0.15) is 19.3 Å². The number of amides is 1. The number of ether oxygens (including phenoxy) is 1. The van der Waals surface area contributed by atoms with Crippen LogP contribution in [0, 0.1) is 17.7 Å². The molecule has 1 amide bonds. The van der Waals surface area contributed by atoms with Crippen LogP contribution in [-0.2, 0) is 9.59 Å². The van der Waals surface area contributed by atoms with Gasteiger partial charge in [-0.3, -0.25) is 4.79 Å². The maximum Gasteiger partial charge on any atom is 0.326 e. The molecular weight excluding hydrogens is 289 g/mol. The lowest BCUT2D eigenvalue weighted by Gasteiger charge is -2.24. The molecule has 1 heterocycles. The number of rotatable bonds is 4. The van der Waals surface area contributed by atoms with Gasteiger partial charge in [-0.1, -0.05) is 6.42 Å². The Morgan fingerprint density at radius 2 is 2.00 bits per heavy atom. The Labute approximate surface area is 127 Å². The summed E-state index contributed by atoms with van der Waals surface area (Å²) in [6, 6.07) is 4.64. The van der Waals surface area contributed by atoms with Gasteiger partial charge in [0.2, 0.25) is 0 Å². The molecule has 0 bridgehead atoms. The van der Waals surface area contributed by atoms with Crippen molar-refractivity contribution in [1.29, 1.82) is 0 Å². The first-order chi connectivity index (χ1) is 10.6. The highest BCUT2D eigenvalue weighted by molar-refractivity contribution is 5.85. The quantitative estimate of drug-likeness (QED) is 0.923. The standard InChI is InChI=1S/C16H18FNO4/c17-11-4-6-12(7-5-11)22-9-14(19)18-8-10-2-1-3-13(10)15(18)16(20)21/h4-7,10,13,15H,1-3,8-9H2,(H,20,21). The molecule has 3 rings (SSSR count). The molecule has 1 aromatic carbocycles. The molecule has 6 heteroatoms. The number of carbonyl (C=O) groups is 2. The van der Waals surface area contributed by atoms with Gasteiger partial charge in [-0.2, -0.15) is 0 Å². The monoisotopic (exact) mass is 307 g/mol. The van der Waals surface area contributed by atoms with Gasteiger partial charge in [-0.25, -0.2) is 9.18 Å². The molecule has 22 heavy (non-hydrogen) atoms. The zero-order chi connectivity index (χ0) is 15.7. The van der Waals surface area contributed by atoms with Gasteiger partial charge in [0.25, 0.3) is 5.91 Å². The molecule has 1 aliphatic heterocycles. The molecule has 1 saturated heterocycles. The van der Waals surface area contributed by atoms with Crippen molar-refractivity contribution in [2.45, 2.75) is 25.3 Å². The normalized spacial score (nSPS) is 26.8. The zero-order valence-electron chi connectivity index (χ0n) is 12.1. The summed E-state index contributed by atoms with van der Waals surface area (Å²) in [7, 11) is 0. The van der Waals surface area contributed by atoms with Gasteiger partial charge >= 0.3 is 5.97 Å². The van der Waals surface area contributed by atoms with E-state index in [1.807, 2.05) is 0 Å². The van der Waals surface area contributed by atoms with Gasteiger partial charge in [0.15, 0.2) is 6.61 Å². The van der Waals surface area contributed by atoms with Gasteiger partial charge in [0.1, 0.15) is 17.6 Å². The predicted octanol–water partition coefficient (Wildman–Crippen LogP) is 1.92. The number of carboxylic acid groups (broad SMARTS) is 1. The lowest BCUT2D eigenvalue weighted by atomic mass is 9.94. The molecule has 1 aromatic rings. The summed E-state index contributed by atoms with van der Waals surface area (Å²) in [5.74, 6) is -0.906. The molecule has 2 fully saturated rings. The molecule has 1 saturated carbocycles. The number of hydrogen-bond acceptors (Lipinski definition) is 3. The molecule has 3 unspecified atom stereocenters. The topological polar surface area (TPSA) is 66.8 Å².